The van der Waals surface area contributed by atoms with E-state index in [1.165, 1.54) is 11.1 Å². The second kappa shape index (κ2) is 8.43. The second-order valence-electron chi connectivity index (χ2n) is 9.37. The van der Waals surface area contributed by atoms with Crippen LogP contribution >= 0.6 is 0 Å². The van der Waals surface area contributed by atoms with Gasteiger partial charge in [0, 0.05) is 41.6 Å². The van der Waals surface area contributed by atoms with E-state index >= 15 is 0 Å². The minimum Gasteiger partial charge on any atom is -0.382 e. The molecule has 1 aromatic carbocycles. The van der Waals surface area contributed by atoms with Crippen LogP contribution in [0, 0.1) is 24.2 Å². The summed E-state index contributed by atoms with van der Waals surface area (Å²) in [5.41, 5.74) is 13.3. The number of hydrogen-bond acceptors (Lipinski definition) is 5. The predicted molar refractivity (Wildman–Crippen MR) is 136 cm³/mol. The number of nitrogens with two attached hydrogens (primary N) is 1. The van der Waals surface area contributed by atoms with Crippen molar-refractivity contribution in [2.24, 2.45) is 21.1 Å². The monoisotopic (exact) mass is 442 g/mol. The van der Waals surface area contributed by atoms with Gasteiger partial charge in [0.05, 0.1) is 11.8 Å². The molecule has 0 saturated heterocycles. The lowest BCUT2D eigenvalue weighted by Gasteiger charge is -2.44. The van der Waals surface area contributed by atoms with Crippen LogP contribution in [0.5, 0.6) is 0 Å². The van der Waals surface area contributed by atoms with E-state index in [2.05, 4.69) is 41.9 Å². The molecule has 2 heterocycles. The van der Waals surface area contributed by atoms with Crippen molar-refractivity contribution in [3.63, 3.8) is 0 Å². The van der Waals surface area contributed by atoms with E-state index in [-0.39, 0.29) is 12.8 Å². The SMILES string of the molecule is C.CC#Cc1cncc(-c2ccc3c(c2)C2(N=C(C)C(N)=N2)C2(CCC(OC)CC2)C3)c1C. The average molecular weight is 443 g/mol. The number of aromatic nitrogens is 1. The van der Waals surface area contributed by atoms with E-state index in [4.69, 9.17) is 20.5 Å². The Kier molecular flexibility index (Phi) is 5.92. The van der Waals surface area contributed by atoms with E-state index in [0.29, 0.717) is 11.9 Å². The lowest BCUT2D eigenvalue weighted by atomic mass is 9.65. The molecule has 1 fully saturated rings. The van der Waals surface area contributed by atoms with Crippen molar-refractivity contribution in [3.8, 4) is 23.0 Å². The molecule has 5 rings (SSSR count). The van der Waals surface area contributed by atoms with Gasteiger partial charge in [-0.2, -0.15) is 0 Å². The van der Waals surface area contributed by atoms with Crippen LogP contribution in [0.4, 0.5) is 0 Å². The predicted octanol–water partition coefficient (Wildman–Crippen LogP) is 5.18. The number of methoxy groups -OCH3 is 1. The lowest BCUT2D eigenvalue weighted by molar-refractivity contribution is -0.000372. The van der Waals surface area contributed by atoms with E-state index < -0.39 is 5.66 Å². The van der Waals surface area contributed by atoms with Gasteiger partial charge in [0.15, 0.2) is 5.66 Å². The van der Waals surface area contributed by atoms with E-state index in [9.17, 15) is 0 Å². The molecule has 2 aliphatic carbocycles. The van der Waals surface area contributed by atoms with Gasteiger partial charge in [-0.1, -0.05) is 25.5 Å². The zero-order chi connectivity index (χ0) is 22.5. The maximum absolute atomic E-state index is 6.33. The minimum absolute atomic E-state index is 0. The number of amidine groups is 1. The van der Waals surface area contributed by atoms with E-state index in [1.807, 2.05) is 33.4 Å². The van der Waals surface area contributed by atoms with Gasteiger partial charge in [-0.3, -0.25) is 9.98 Å². The van der Waals surface area contributed by atoms with Crippen LogP contribution in [0.2, 0.25) is 0 Å². The lowest BCUT2D eigenvalue weighted by Crippen LogP contribution is -2.43. The van der Waals surface area contributed by atoms with Crippen LogP contribution in [0.25, 0.3) is 11.1 Å². The highest BCUT2D eigenvalue weighted by molar-refractivity contribution is 6.41. The number of ether oxygens (including phenoxy) is 1. The Morgan fingerprint density at radius 3 is 2.52 bits per heavy atom. The number of fused-ring (bicyclic) bond motifs is 3. The van der Waals surface area contributed by atoms with Crippen LogP contribution in [0.15, 0.2) is 40.6 Å². The topological polar surface area (TPSA) is 72.9 Å². The fourth-order valence-corrected chi connectivity index (χ4v) is 5.92. The Hall–Kier alpha value is -2.97. The zero-order valence-electron chi connectivity index (χ0n) is 19.3. The summed E-state index contributed by atoms with van der Waals surface area (Å²) in [5, 5.41) is 0. The molecule has 172 valence electrons. The number of benzene rings is 1. The molecule has 0 amide bonds. The molecule has 1 saturated carbocycles. The molecule has 33 heavy (non-hydrogen) atoms. The maximum Gasteiger partial charge on any atom is 0.184 e. The molecule has 0 radical (unpaired) electrons. The third-order valence-corrected chi connectivity index (χ3v) is 7.75. The first-order valence-electron chi connectivity index (χ1n) is 11.4. The summed E-state index contributed by atoms with van der Waals surface area (Å²) in [6.07, 6.45) is 9.19. The molecule has 3 aliphatic rings. The van der Waals surface area contributed by atoms with Crippen molar-refractivity contribution in [2.75, 3.05) is 7.11 Å². The van der Waals surface area contributed by atoms with Crippen molar-refractivity contribution in [1.29, 1.82) is 0 Å². The van der Waals surface area contributed by atoms with Crippen molar-refractivity contribution in [3.05, 3.63) is 52.8 Å². The number of aliphatic imine (C=N–C) groups is 2. The molecule has 2 spiro atoms. The molecule has 5 nitrogen and oxygen atoms in total. The molecule has 1 aromatic heterocycles. The molecular weight excluding hydrogens is 408 g/mol. The quantitative estimate of drug-likeness (QED) is 0.651. The highest BCUT2D eigenvalue weighted by Crippen LogP contribution is 2.62. The fraction of sp³-hybridized carbons (Fsp3) is 0.464. The van der Waals surface area contributed by atoms with Gasteiger partial charge in [-0.25, -0.2) is 4.99 Å². The van der Waals surface area contributed by atoms with Gasteiger partial charge in [-0.15, -0.1) is 5.92 Å². The summed E-state index contributed by atoms with van der Waals surface area (Å²) in [4.78, 5) is 14.7. The standard InChI is InChI=1S/C27H30N4O.CH4/c1-5-6-21-15-29-16-23(17(21)2)19-7-8-20-14-26(11-9-22(32-4)10-12-26)27(24(20)13-19)30-18(3)25(28)31-27;/h7-8,13,15-16,22H,9-12,14H2,1-4H3,(H2,28,31);1H4. The van der Waals surface area contributed by atoms with Gasteiger partial charge in [0.25, 0.3) is 0 Å². The molecule has 2 N–H and O–H groups in total. The van der Waals surface area contributed by atoms with Gasteiger partial charge < -0.3 is 10.5 Å². The molecule has 1 unspecified atom stereocenters. The maximum atomic E-state index is 6.33. The van der Waals surface area contributed by atoms with Crippen molar-refractivity contribution < 1.29 is 4.74 Å². The number of rotatable bonds is 2. The average Bonchev–Trinajstić information content (AvgIpc) is 3.23. The van der Waals surface area contributed by atoms with Crippen molar-refractivity contribution in [2.45, 2.75) is 72.1 Å². The Balaban J connectivity index is 0.00000259. The molecule has 2 aromatic rings. The van der Waals surface area contributed by atoms with Gasteiger partial charge in [-0.05, 0) is 75.6 Å². The summed E-state index contributed by atoms with van der Waals surface area (Å²) in [7, 11) is 1.81. The molecule has 0 bridgehead atoms. The van der Waals surface area contributed by atoms with Gasteiger partial charge >= 0.3 is 0 Å². The molecule has 1 aliphatic heterocycles. The van der Waals surface area contributed by atoms with Crippen molar-refractivity contribution in [1.82, 2.24) is 4.98 Å². The number of pyridine rings is 1. The number of hydrogen-bond donors (Lipinski definition) is 1. The first-order valence-corrected chi connectivity index (χ1v) is 11.4. The Morgan fingerprint density at radius 1 is 1.12 bits per heavy atom. The smallest absolute Gasteiger partial charge is 0.184 e. The minimum atomic E-state index is -0.632. The van der Waals surface area contributed by atoms with Gasteiger partial charge in [0.1, 0.15) is 5.84 Å². The third-order valence-electron chi connectivity index (χ3n) is 7.75. The summed E-state index contributed by atoms with van der Waals surface area (Å²) >= 11 is 0. The summed E-state index contributed by atoms with van der Waals surface area (Å²) in [6, 6.07) is 6.74. The Labute approximate surface area is 197 Å². The van der Waals surface area contributed by atoms with Crippen LogP contribution < -0.4 is 5.73 Å². The summed E-state index contributed by atoms with van der Waals surface area (Å²) < 4.78 is 5.67. The highest BCUT2D eigenvalue weighted by Gasteiger charge is 2.60. The van der Waals surface area contributed by atoms with Crippen LogP contribution in [-0.2, 0) is 16.8 Å². The molecule has 5 heteroatoms. The van der Waals surface area contributed by atoms with Gasteiger partial charge in [0.2, 0.25) is 0 Å². The summed E-state index contributed by atoms with van der Waals surface area (Å²) in [5.74, 6) is 6.73. The van der Waals surface area contributed by atoms with Crippen LogP contribution in [0.1, 0.15) is 69.2 Å². The fourth-order valence-electron chi connectivity index (χ4n) is 5.92. The largest absolute Gasteiger partial charge is 0.382 e. The third kappa shape index (κ3) is 3.40. The zero-order valence-corrected chi connectivity index (χ0v) is 19.3. The van der Waals surface area contributed by atoms with E-state index in [0.717, 1.165) is 60.1 Å². The first kappa shape index (κ1) is 23.2. The normalized spacial score (nSPS) is 27.5. The summed E-state index contributed by atoms with van der Waals surface area (Å²) in [6.45, 7) is 5.94. The second-order valence-corrected chi connectivity index (χ2v) is 9.37. The number of nitrogens with zero attached hydrogens (tertiary/aromatic N) is 3. The Morgan fingerprint density at radius 2 is 1.88 bits per heavy atom. The van der Waals surface area contributed by atoms with E-state index in [1.54, 1.807) is 0 Å². The van der Waals surface area contributed by atoms with Crippen molar-refractivity contribution >= 4 is 11.5 Å². The van der Waals surface area contributed by atoms with Crippen LogP contribution in [-0.4, -0.2) is 29.7 Å². The Bertz CT molecular complexity index is 1190. The first-order chi connectivity index (χ1) is 15.4. The molecular formula is C28H34N4O. The highest BCUT2D eigenvalue weighted by atomic mass is 16.5. The van der Waals surface area contributed by atoms with Crippen LogP contribution in [0.3, 0.4) is 0 Å². The molecule has 1 atom stereocenters.